The SMILES string of the molecule is Cc1cc(Br)c(S(=O)(=O)N(C)C(C)CO)cc1Br. The molecule has 0 radical (unpaired) electrons. The maximum absolute atomic E-state index is 12.4. The van der Waals surface area contributed by atoms with Crippen LogP contribution < -0.4 is 0 Å². The molecule has 4 nitrogen and oxygen atoms in total. The van der Waals surface area contributed by atoms with Gasteiger partial charge in [-0.25, -0.2) is 8.42 Å². The summed E-state index contributed by atoms with van der Waals surface area (Å²) in [4.78, 5) is 0.183. The molecule has 0 saturated carbocycles. The first kappa shape index (κ1) is 16.1. The third-order valence-electron chi connectivity index (χ3n) is 2.76. The van der Waals surface area contributed by atoms with Crippen LogP contribution in [0.15, 0.2) is 26.0 Å². The van der Waals surface area contributed by atoms with Gasteiger partial charge in [0, 0.05) is 22.0 Å². The average Bonchev–Trinajstić information content (AvgIpc) is 2.31. The minimum absolute atomic E-state index is 0.183. The van der Waals surface area contributed by atoms with Crippen molar-refractivity contribution < 1.29 is 13.5 Å². The van der Waals surface area contributed by atoms with E-state index in [0.717, 1.165) is 14.3 Å². The molecule has 0 fully saturated rings. The molecule has 18 heavy (non-hydrogen) atoms. The van der Waals surface area contributed by atoms with Crippen LogP contribution in [0.25, 0.3) is 0 Å². The van der Waals surface area contributed by atoms with Gasteiger partial charge in [-0.05, 0) is 47.5 Å². The highest BCUT2D eigenvalue weighted by Crippen LogP contribution is 2.30. The molecule has 0 bridgehead atoms. The van der Waals surface area contributed by atoms with Crippen molar-refractivity contribution in [2.75, 3.05) is 13.7 Å². The van der Waals surface area contributed by atoms with Gasteiger partial charge in [-0.3, -0.25) is 0 Å². The largest absolute Gasteiger partial charge is 0.395 e. The Balaban J connectivity index is 3.33. The molecule has 1 unspecified atom stereocenters. The van der Waals surface area contributed by atoms with E-state index in [0.29, 0.717) is 4.47 Å². The maximum atomic E-state index is 12.4. The quantitative estimate of drug-likeness (QED) is 0.844. The summed E-state index contributed by atoms with van der Waals surface area (Å²) in [6, 6.07) is 2.84. The minimum Gasteiger partial charge on any atom is -0.395 e. The number of aryl methyl sites for hydroxylation is 1. The van der Waals surface area contributed by atoms with Crippen LogP contribution in [0.4, 0.5) is 0 Å². The first-order valence-electron chi connectivity index (χ1n) is 5.26. The van der Waals surface area contributed by atoms with Crippen molar-refractivity contribution in [3.63, 3.8) is 0 Å². The highest BCUT2D eigenvalue weighted by Gasteiger charge is 2.27. The fourth-order valence-electron chi connectivity index (χ4n) is 1.33. The second-order valence-electron chi connectivity index (χ2n) is 4.08. The van der Waals surface area contributed by atoms with Gasteiger partial charge < -0.3 is 5.11 Å². The first-order valence-corrected chi connectivity index (χ1v) is 8.29. The van der Waals surface area contributed by atoms with E-state index in [1.54, 1.807) is 19.1 Å². The zero-order chi connectivity index (χ0) is 14.1. The van der Waals surface area contributed by atoms with E-state index in [2.05, 4.69) is 31.9 Å². The van der Waals surface area contributed by atoms with Gasteiger partial charge in [0.05, 0.1) is 11.5 Å². The van der Waals surface area contributed by atoms with Crippen LogP contribution in [0.5, 0.6) is 0 Å². The summed E-state index contributed by atoms with van der Waals surface area (Å²) in [6.07, 6.45) is 0. The summed E-state index contributed by atoms with van der Waals surface area (Å²) in [5.74, 6) is 0. The molecule has 1 aromatic carbocycles. The molecule has 1 N–H and O–H groups in total. The lowest BCUT2D eigenvalue weighted by molar-refractivity contribution is 0.214. The van der Waals surface area contributed by atoms with Crippen LogP contribution in [0.2, 0.25) is 0 Å². The molecule has 0 aliphatic carbocycles. The summed E-state index contributed by atoms with van der Waals surface area (Å²) in [7, 11) is -2.17. The molecule has 1 rings (SSSR count). The van der Waals surface area contributed by atoms with E-state index in [-0.39, 0.29) is 11.5 Å². The van der Waals surface area contributed by atoms with Crippen LogP contribution in [0.1, 0.15) is 12.5 Å². The van der Waals surface area contributed by atoms with Crippen molar-refractivity contribution in [3.8, 4) is 0 Å². The Labute approximate surface area is 124 Å². The number of benzene rings is 1. The molecule has 7 heteroatoms. The first-order chi connectivity index (χ1) is 8.21. The Kier molecular flexibility index (Phi) is 5.37. The average molecular weight is 401 g/mol. The molecule has 1 atom stereocenters. The smallest absolute Gasteiger partial charge is 0.244 e. The third-order valence-corrected chi connectivity index (χ3v) is 6.54. The highest BCUT2D eigenvalue weighted by atomic mass is 79.9. The number of rotatable bonds is 4. The molecule has 0 aliphatic rings. The van der Waals surface area contributed by atoms with E-state index in [4.69, 9.17) is 5.11 Å². The van der Waals surface area contributed by atoms with Gasteiger partial charge >= 0.3 is 0 Å². The van der Waals surface area contributed by atoms with Crippen LogP contribution in [0, 0.1) is 6.92 Å². The molecule has 0 aromatic heterocycles. The molecular formula is C11H15Br2NO3S. The van der Waals surface area contributed by atoms with Crippen LogP contribution in [-0.4, -0.2) is 37.5 Å². The van der Waals surface area contributed by atoms with Gasteiger partial charge in [-0.1, -0.05) is 15.9 Å². The highest BCUT2D eigenvalue weighted by molar-refractivity contribution is 9.11. The topological polar surface area (TPSA) is 57.6 Å². The van der Waals surface area contributed by atoms with Crippen LogP contribution >= 0.6 is 31.9 Å². The molecular weight excluding hydrogens is 386 g/mol. The molecule has 0 heterocycles. The number of hydrogen-bond donors (Lipinski definition) is 1. The monoisotopic (exact) mass is 399 g/mol. The maximum Gasteiger partial charge on any atom is 0.244 e. The Morgan fingerprint density at radius 2 is 1.89 bits per heavy atom. The number of hydrogen-bond acceptors (Lipinski definition) is 3. The van der Waals surface area contributed by atoms with Crippen molar-refractivity contribution in [1.82, 2.24) is 4.31 Å². The van der Waals surface area contributed by atoms with E-state index < -0.39 is 16.1 Å². The Bertz CT molecular complexity index is 545. The van der Waals surface area contributed by atoms with Crippen molar-refractivity contribution >= 4 is 41.9 Å². The second kappa shape index (κ2) is 6.00. The van der Waals surface area contributed by atoms with Crippen LogP contribution in [0.3, 0.4) is 0 Å². The van der Waals surface area contributed by atoms with Gasteiger partial charge in [0.2, 0.25) is 10.0 Å². The Morgan fingerprint density at radius 1 is 1.33 bits per heavy atom. The van der Waals surface area contributed by atoms with E-state index in [9.17, 15) is 8.42 Å². The summed E-state index contributed by atoms with van der Waals surface area (Å²) < 4.78 is 27.2. The number of aliphatic hydroxyl groups excluding tert-OH is 1. The lowest BCUT2D eigenvalue weighted by Crippen LogP contribution is -2.37. The molecule has 0 spiro atoms. The number of halogens is 2. The van der Waals surface area contributed by atoms with E-state index >= 15 is 0 Å². The fourth-order valence-corrected chi connectivity index (χ4v) is 4.32. The predicted molar refractivity (Wildman–Crippen MR) is 78.1 cm³/mol. The van der Waals surface area contributed by atoms with E-state index in [1.807, 2.05) is 6.92 Å². The lowest BCUT2D eigenvalue weighted by atomic mass is 10.2. The van der Waals surface area contributed by atoms with Gasteiger partial charge in [0.1, 0.15) is 0 Å². The lowest BCUT2D eigenvalue weighted by Gasteiger charge is -2.23. The normalized spacial score (nSPS) is 13.9. The summed E-state index contributed by atoms with van der Waals surface area (Å²) in [5.41, 5.74) is 0.943. The minimum atomic E-state index is -3.62. The van der Waals surface area contributed by atoms with Crippen molar-refractivity contribution in [2.24, 2.45) is 0 Å². The Hall–Kier alpha value is 0.0500. The molecule has 0 saturated heterocycles. The Morgan fingerprint density at radius 3 is 2.39 bits per heavy atom. The number of likely N-dealkylation sites (N-methyl/N-ethyl adjacent to an activating group) is 1. The predicted octanol–water partition coefficient (Wildman–Crippen LogP) is 2.52. The molecule has 102 valence electrons. The number of aliphatic hydroxyl groups is 1. The standard InChI is InChI=1S/C11H15Br2NO3S/c1-7-4-10(13)11(5-9(7)12)18(16,17)14(3)8(2)6-15/h4-5,8,15H,6H2,1-3H3. The summed E-state index contributed by atoms with van der Waals surface area (Å²) >= 11 is 6.59. The zero-order valence-corrected chi connectivity index (χ0v) is 14.3. The summed E-state index contributed by atoms with van der Waals surface area (Å²) in [6.45, 7) is 3.31. The van der Waals surface area contributed by atoms with Crippen molar-refractivity contribution in [3.05, 3.63) is 26.6 Å². The van der Waals surface area contributed by atoms with E-state index in [1.165, 1.54) is 7.05 Å². The number of sulfonamides is 1. The second-order valence-corrected chi connectivity index (χ2v) is 7.76. The van der Waals surface area contributed by atoms with Crippen molar-refractivity contribution in [1.29, 1.82) is 0 Å². The fraction of sp³-hybridized carbons (Fsp3) is 0.455. The van der Waals surface area contributed by atoms with Gasteiger partial charge in [0.25, 0.3) is 0 Å². The van der Waals surface area contributed by atoms with Crippen LogP contribution in [-0.2, 0) is 10.0 Å². The summed E-state index contributed by atoms with van der Waals surface area (Å²) in [5, 5.41) is 9.06. The number of nitrogens with zero attached hydrogens (tertiary/aromatic N) is 1. The molecule has 0 amide bonds. The van der Waals surface area contributed by atoms with Gasteiger partial charge in [-0.2, -0.15) is 4.31 Å². The zero-order valence-electron chi connectivity index (χ0n) is 10.3. The van der Waals surface area contributed by atoms with Crippen molar-refractivity contribution in [2.45, 2.75) is 24.8 Å². The molecule has 0 aliphatic heterocycles. The molecule has 1 aromatic rings. The van der Waals surface area contributed by atoms with Gasteiger partial charge in [0.15, 0.2) is 0 Å². The third kappa shape index (κ3) is 3.14. The van der Waals surface area contributed by atoms with Gasteiger partial charge in [-0.15, -0.1) is 0 Å².